The van der Waals surface area contributed by atoms with E-state index in [0.29, 0.717) is 0 Å². The van der Waals surface area contributed by atoms with Gasteiger partial charge in [0.2, 0.25) is 0 Å². The van der Waals surface area contributed by atoms with Crippen LogP contribution in [0.2, 0.25) is 0 Å². The minimum Gasteiger partial charge on any atom is -0.402 e. The third-order valence-electron chi connectivity index (χ3n) is 1.44. The van der Waals surface area contributed by atoms with Gasteiger partial charge in [0.25, 0.3) is 0 Å². The van der Waals surface area contributed by atoms with Gasteiger partial charge in [0.15, 0.2) is 0 Å². The molecule has 10 heavy (non-hydrogen) atoms. The third-order valence-corrected chi connectivity index (χ3v) is 1.44. The average molecular weight is 133 g/mol. The van der Waals surface area contributed by atoms with Gasteiger partial charge in [-0.15, -0.1) is 0 Å². The van der Waals surface area contributed by atoms with E-state index in [1.807, 2.05) is 31.2 Å². The molecule has 1 nitrogen and oxygen atoms in total. The van der Waals surface area contributed by atoms with Gasteiger partial charge in [0, 0.05) is 5.70 Å². The van der Waals surface area contributed by atoms with E-state index in [2.05, 4.69) is 6.58 Å². The van der Waals surface area contributed by atoms with Crippen LogP contribution in [0.15, 0.2) is 24.3 Å². The van der Waals surface area contributed by atoms with E-state index < -0.39 is 0 Å². The molecular formula is C9H11N. The van der Waals surface area contributed by atoms with Crippen LogP contribution < -0.4 is 16.2 Å². The molecule has 0 bridgehead atoms. The van der Waals surface area contributed by atoms with Gasteiger partial charge in [-0.2, -0.15) is 0 Å². The summed E-state index contributed by atoms with van der Waals surface area (Å²) in [6.45, 7) is 5.72. The number of rotatable bonds is 0. The van der Waals surface area contributed by atoms with Crippen molar-refractivity contribution in [1.82, 2.24) is 0 Å². The van der Waals surface area contributed by atoms with Crippen LogP contribution in [-0.4, -0.2) is 0 Å². The van der Waals surface area contributed by atoms with Gasteiger partial charge in [0.1, 0.15) is 0 Å². The lowest BCUT2D eigenvalue weighted by Gasteiger charge is -1.90. The Morgan fingerprint density at radius 1 is 1.40 bits per heavy atom. The number of hydrogen-bond donors (Lipinski definition) is 1. The second-order valence-electron chi connectivity index (χ2n) is 2.34. The van der Waals surface area contributed by atoms with Crippen molar-refractivity contribution >= 4 is 12.3 Å². The first kappa shape index (κ1) is 6.87. The summed E-state index contributed by atoms with van der Waals surface area (Å²) in [5.41, 5.74) is 6.42. The average Bonchev–Trinajstić information content (AvgIpc) is 1.88. The minimum atomic E-state index is 0.825. The van der Waals surface area contributed by atoms with Gasteiger partial charge in [0.05, 0.1) is 0 Å². The van der Waals surface area contributed by atoms with Crippen molar-refractivity contribution in [2.45, 2.75) is 6.92 Å². The fourth-order valence-electron chi connectivity index (χ4n) is 0.905. The third kappa shape index (κ3) is 1.18. The molecule has 0 fully saturated rings. The van der Waals surface area contributed by atoms with Crippen LogP contribution in [0.3, 0.4) is 0 Å². The zero-order valence-electron chi connectivity index (χ0n) is 6.09. The summed E-state index contributed by atoms with van der Waals surface area (Å²) < 4.78 is 0. The molecular weight excluding hydrogens is 122 g/mol. The molecule has 0 aliphatic rings. The molecule has 1 heteroatoms. The van der Waals surface area contributed by atoms with Crippen molar-refractivity contribution < 1.29 is 0 Å². The van der Waals surface area contributed by atoms with Crippen LogP contribution in [0.25, 0.3) is 12.3 Å². The highest BCUT2D eigenvalue weighted by molar-refractivity contribution is 5.37. The Balaban J connectivity index is 3.60. The maximum Gasteiger partial charge on any atom is 0.0128 e. The molecule has 0 atom stereocenters. The summed E-state index contributed by atoms with van der Waals surface area (Å²) >= 11 is 0. The van der Waals surface area contributed by atoms with Crippen LogP contribution in [0.5, 0.6) is 0 Å². The molecule has 0 spiro atoms. The molecule has 52 valence electrons. The summed E-state index contributed by atoms with van der Waals surface area (Å²) in [7, 11) is 0. The molecule has 1 aromatic carbocycles. The van der Waals surface area contributed by atoms with Crippen LogP contribution in [0.1, 0.15) is 6.92 Å². The molecule has 0 saturated carbocycles. The molecule has 0 aliphatic heterocycles. The van der Waals surface area contributed by atoms with Crippen molar-refractivity contribution in [1.29, 1.82) is 0 Å². The van der Waals surface area contributed by atoms with Crippen molar-refractivity contribution in [3.05, 3.63) is 34.7 Å². The SMILES string of the molecule is C=c1cccc/c1=C(\C)N. The summed E-state index contributed by atoms with van der Waals surface area (Å²) in [4.78, 5) is 0. The fraction of sp³-hybridized carbons (Fsp3) is 0.111. The normalized spacial score (nSPS) is 12.9. The van der Waals surface area contributed by atoms with E-state index in [4.69, 9.17) is 5.73 Å². The van der Waals surface area contributed by atoms with Crippen LogP contribution in [0, 0.1) is 0 Å². The first-order valence-corrected chi connectivity index (χ1v) is 3.22. The van der Waals surface area contributed by atoms with Crippen molar-refractivity contribution in [2.75, 3.05) is 0 Å². The van der Waals surface area contributed by atoms with E-state index in [1.54, 1.807) is 0 Å². The van der Waals surface area contributed by atoms with Gasteiger partial charge in [-0.3, -0.25) is 0 Å². The standard InChI is InChI=1S/C9H11N/c1-7-5-3-4-6-9(7)8(2)10/h3-6H,1,10H2,2H3/b9-8-. The lowest BCUT2D eigenvalue weighted by Crippen LogP contribution is -2.26. The highest BCUT2D eigenvalue weighted by atomic mass is 14.5. The van der Waals surface area contributed by atoms with Crippen molar-refractivity contribution in [2.24, 2.45) is 5.73 Å². The summed E-state index contributed by atoms with van der Waals surface area (Å²) in [5, 5.41) is 2.03. The first-order valence-electron chi connectivity index (χ1n) is 3.22. The molecule has 0 aromatic heterocycles. The monoisotopic (exact) mass is 133 g/mol. The maximum atomic E-state index is 5.59. The molecule has 0 amide bonds. The van der Waals surface area contributed by atoms with Crippen LogP contribution >= 0.6 is 0 Å². The van der Waals surface area contributed by atoms with Crippen LogP contribution in [0.4, 0.5) is 0 Å². The van der Waals surface area contributed by atoms with Gasteiger partial charge in [-0.05, 0) is 17.4 Å². The first-order chi connectivity index (χ1) is 4.72. The maximum absolute atomic E-state index is 5.59. The predicted octanol–water partition coefficient (Wildman–Crippen LogP) is 0.184. The Morgan fingerprint density at radius 3 is 2.40 bits per heavy atom. The summed E-state index contributed by atoms with van der Waals surface area (Å²) in [5.74, 6) is 0. The van der Waals surface area contributed by atoms with Gasteiger partial charge >= 0.3 is 0 Å². The quantitative estimate of drug-likeness (QED) is 0.537. The minimum absolute atomic E-state index is 0.825. The Labute approximate surface area is 60.5 Å². The van der Waals surface area contributed by atoms with Crippen molar-refractivity contribution in [3.63, 3.8) is 0 Å². The smallest absolute Gasteiger partial charge is 0.0128 e. The van der Waals surface area contributed by atoms with E-state index in [0.717, 1.165) is 16.1 Å². The molecule has 0 aliphatic carbocycles. The Morgan fingerprint density at radius 2 is 2.00 bits per heavy atom. The number of hydrogen-bond acceptors (Lipinski definition) is 1. The van der Waals surface area contributed by atoms with E-state index in [-0.39, 0.29) is 0 Å². The Kier molecular flexibility index (Phi) is 1.76. The second kappa shape index (κ2) is 2.56. The van der Waals surface area contributed by atoms with Gasteiger partial charge in [-0.1, -0.05) is 30.8 Å². The molecule has 1 aromatic rings. The second-order valence-corrected chi connectivity index (χ2v) is 2.34. The van der Waals surface area contributed by atoms with E-state index >= 15 is 0 Å². The molecule has 2 N–H and O–H groups in total. The number of nitrogens with two attached hydrogens (primary N) is 1. The largest absolute Gasteiger partial charge is 0.402 e. The molecule has 0 saturated heterocycles. The van der Waals surface area contributed by atoms with E-state index in [9.17, 15) is 0 Å². The molecule has 0 unspecified atom stereocenters. The van der Waals surface area contributed by atoms with Gasteiger partial charge < -0.3 is 5.73 Å². The van der Waals surface area contributed by atoms with E-state index in [1.165, 1.54) is 0 Å². The zero-order chi connectivity index (χ0) is 7.56. The molecule has 0 radical (unpaired) electrons. The van der Waals surface area contributed by atoms with Gasteiger partial charge in [-0.25, -0.2) is 0 Å². The van der Waals surface area contributed by atoms with Crippen LogP contribution in [-0.2, 0) is 0 Å². The van der Waals surface area contributed by atoms with Crippen molar-refractivity contribution in [3.8, 4) is 0 Å². The predicted molar refractivity (Wildman–Crippen MR) is 44.5 cm³/mol. The summed E-state index contributed by atoms with van der Waals surface area (Å²) in [6.07, 6.45) is 0. The fourth-order valence-corrected chi connectivity index (χ4v) is 0.905. The number of benzene rings is 1. The molecule has 0 heterocycles. The summed E-state index contributed by atoms with van der Waals surface area (Å²) in [6, 6.07) is 7.83. The lowest BCUT2D eigenvalue weighted by molar-refractivity contribution is 1.41. The Hall–Kier alpha value is -1.24. The topological polar surface area (TPSA) is 26.0 Å². The zero-order valence-corrected chi connectivity index (χ0v) is 6.09. The molecule has 1 rings (SSSR count). The highest BCUT2D eigenvalue weighted by Gasteiger charge is 1.82. The highest BCUT2D eigenvalue weighted by Crippen LogP contribution is 1.74. The lowest BCUT2D eigenvalue weighted by atomic mass is 10.2. The Bertz CT molecular complexity index is 321.